The molecule has 0 aliphatic heterocycles. The lowest BCUT2D eigenvalue weighted by Gasteiger charge is -2.36. The number of rotatable bonds is 6. The molecule has 2 heteroatoms. The van der Waals surface area contributed by atoms with Gasteiger partial charge in [0.2, 0.25) is 0 Å². The second-order valence-corrected chi connectivity index (χ2v) is 6.13. The molecule has 0 bridgehead atoms. The van der Waals surface area contributed by atoms with Gasteiger partial charge in [0.1, 0.15) is 0 Å². The summed E-state index contributed by atoms with van der Waals surface area (Å²) in [5.74, 6) is 0.721. The predicted molar refractivity (Wildman–Crippen MR) is 69.6 cm³/mol. The average molecular weight is 227 g/mol. The molecule has 0 heterocycles. The molecule has 1 aliphatic carbocycles. The van der Waals surface area contributed by atoms with Crippen LogP contribution in [0.4, 0.5) is 0 Å². The maximum Gasteiger partial charge on any atom is 0.0610 e. The Bertz CT molecular complexity index is 187. The minimum absolute atomic E-state index is 0.0632. The molecule has 1 fully saturated rings. The van der Waals surface area contributed by atoms with E-state index in [-0.39, 0.29) is 12.1 Å². The Labute approximate surface area is 101 Å². The summed E-state index contributed by atoms with van der Waals surface area (Å²) in [5, 5.41) is 13.3. The predicted octanol–water partition coefficient (Wildman–Crippen LogP) is 3.10. The minimum Gasteiger partial charge on any atom is -0.394 e. The van der Waals surface area contributed by atoms with Crippen LogP contribution >= 0.6 is 0 Å². The van der Waals surface area contributed by atoms with Crippen LogP contribution in [0, 0.1) is 5.92 Å². The third-order valence-electron chi connectivity index (χ3n) is 3.78. The van der Waals surface area contributed by atoms with Crippen LogP contribution in [0.2, 0.25) is 0 Å². The van der Waals surface area contributed by atoms with Gasteiger partial charge in [-0.3, -0.25) is 0 Å². The molecule has 0 spiro atoms. The van der Waals surface area contributed by atoms with Gasteiger partial charge in [0.15, 0.2) is 0 Å². The Kier molecular flexibility index (Phi) is 5.77. The van der Waals surface area contributed by atoms with E-state index in [0.29, 0.717) is 6.04 Å². The fourth-order valence-electron chi connectivity index (χ4n) is 2.54. The summed E-state index contributed by atoms with van der Waals surface area (Å²) in [5.41, 5.74) is -0.0632. The van der Waals surface area contributed by atoms with Gasteiger partial charge in [0, 0.05) is 11.6 Å². The van der Waals surface area contributed by atoms with Gasteiger partial charge in [-0.1, -0.05) is 33.1 Å². The molecule has 1 saturated carbocycles. The first-order chi connectivity index (χ1) is 7.56. The molecule has 16 heavy (non-hydrogen) atoms. The summed E-state index contributed by atoms with van der Waals surface area (Å²) in [7, 11) is 0. The van der Waals surface area contributed by atoms with Crippen LogP contribution in [0.25, 0.3) is 0 Å². The lowest BCUT2D eigenvalue weighted by Crippen LogP contribution is -2.51. The zero-order valence-electron chi connectivity index (χ0n) is 11.3. The normalized spacial score (nSPS) is 22.3. The van der Waals surface area contributed by atoms with Crippen LogP contribution in [-0.4, -0.2) is 23.3 Å². The standard InChI is InChI=1S/C14H29NO/c1-12(2)9-10-14(3,11-16)15-13-7-5-4-6-8-13/h12-13,15-16H,4-11H2,1-3H3. The highest BCUT2D eigenvalue weighted by molar-refractivity contribution is 4.87. The molecular formula is C14H29NO. The maximum atomic E-state index is 9.57. The minimum atomic E-state index is -0.0632. The molecule has 1 rings (SSSR count). The molecule has 1 atom stereocenters. The quantitative estimate of drug-likeness (QED) is 0.731. The average Bonchev–Trinajstić information content (AvgIpc) is 2.28. The van der Waals surface area contributed by atoms with Gasteiger partial charge < -0.3 is 10.4 Å². The molecule has 1 aliphatic rings. The molecule has 0 saturated heterocycles. The Morgan fingerprint density at radius 3 is 2.38 bits per heavy atom. The van der Waals surface area contributed by atoms with Crippen molar-refractivity contribution in [1.82, 2.24) is 5.32 Å². The monoisotopic (exact) mass is 227 g/mol. The van der Waals surface area contributed by atoms with Crippen molar-refractivity contribution in [2.24, 2.45) is 5.92 Å². The van der Waals surface area contributed by atoms with Gasteiger partial charge in [-0.05, 0) is 38.5 Å². The maximum absolute atomic E-state index is 9.57. The van der Waals surface area contributed by atoms with E-state index in [1.54, 1.807) is 0 Å². The molecule has 2 N–H and O–H groups in total. The van der Waals surface area contributed by atoms with Gasteiger partial charge in [0.25, 0.3) is 0 Å². The van der Waals surface area contributed by atoms with Crippen molar-refractivity contribution in [2.45, 2.75) is 77.3 Å². The summed E-state index contributed by atoms with van der Waals surface area (Å²) < 4.78 is 0. The van der Waals surface area contributed by atoms with Crippen molar-refractivity contribution in [3.63, 3.8) is 0 Å². The molecule has 96 valence electrons. The van der Waals surface area contributed by atoms with Gasteiger partial charge >= 0.3 is 0 Å². The fraction of sp³-hybridized carbons (Fsp3) is 1.00. The van der Waals surface area contributed by atoms with Crippen LogP contribution in [0.1, 0.15) is 65.7 Å². The first-order valence-corrected chi connectivity index (χ1v) is 6.94. The van der Waals surface area contributed by atoms with Gasteiger partial charge in [-0.2, -0.15) is 0 Å². The zero-order valence-corrected chi connectivity index (χ0v) is 11.3. The topological polar surface area (TPSA) is 32.3 Å². The van der Waals surface area contributed by atoms with Gasteiger partial charge in [0.05, 0.1) is 6.61 Å². The van der Waals surface area contributed by atoms with Crippen LogP contribution < -0.4 is 5.32 Å². The summed E-state index contributed by atoms with van der Waals surface area (Å²) >= 11 is 0. The van der Waals surface area contributed by atoms with Gasteiger partial charge in [-0.25, -0.2) is 0 Å². The smallest absolute Gasteiger partial charge is 0.0610 e. The highest BCUT2D eigenvalue weighted by Crippen LogP contribution is 2.23. The van der Waals surface area contributed by atoms with Crippen LogP contribution in [-0.2, 0) is 0 Å². The van der Waals surface area contributed by atoms with E-state index < -0.39 is 0 Å². The summed E-state index contributed by atoms with van der Waals surface area (Å²) in [6.07, 6.45) is 8.94. The second kappa shape index (κ2) is 6.61. The van der Waals surface area contributed by atoms with Gasteiger partial charge in [-0.15, -0.1) is 0 Å². The summed E-state index contributed by atoms with van der Waals surface area (Å²) in [6, 6.07) is 0.637. The third-order valence-corrected chi connectivity index (χ3v) is 3.78. The first-order valence-electron chi connectivity index (χ1n) is 6.94. The molecule has 0 aromatic carbocycles. The Balaban J connectivity index is 2.38. The Hall–Kier alpha value is -0.0800. The van der Waals surface area contributed by atoms with E-state index in [9.17, 15) is 5.11 Å². The van der Waals surface area contributed by atoms with Crippen molar-refractivity contribution in [1.29, 1.82) is 0 Å². The van der Waals surface area contributed by atoms with E-state index in [0.717, 1.165) is 12.3 Å². The van der Waals surface area contributed by atoms with E-state index in [4.69, 9.17) is 0 Å². The van der Waals surface area contributed by atoms with E-state index in [1.807, 2.05) is 0 Å². The molecule has 0 amide bonds. The molecule has 1 unspecified atom stereocenters. The highest BCUT2D eigenvalue weighted by Gasteiger charge is 2.27. The fourth-order valence-corrected chi connectivity index (χ4v) is 2.54. The molecule has 0 aromatic rings. The zero-order chi connectivity index (χ0) is 12.0. The number of hydrogen-bond donors (Lipinski definition) is 2. The number of hydrogen-bond acceptors (Lipinski definition) is 2. The van der Waals surface area contributed by atoms with E-state index in [2.05, 4.69) is 26.1 Å². The number of aliphatic hydroxyl groups excluding tert-OH is 1. The van der Waals surface area contributed by atoms with E-state index in [1.165, 1.54) is 38.5 Å². The molecule has 0 aromatic heterocycles. The van der Waals surface area contributed by atoms with Crippen molar-refractivity contribution in [3.8, 4) is 0 Å². The number of nitrogens with one attached hydrogen (secondary N) is 1. The number of aliphatic hydroxyl groups is 1. The van der Waals surface area contributed by atoms with E-state index >= 15 is 0 Å². The Morgan fingerprint density at radius 1 is 1.25 bits per heavy atom. The van der Waals surface area contributed by atoms with Crippen LogP contribution in [0.3, 0.4) is 0 Å². The van der Waals surface area contributed by atoms with Crippen molar-refractivity contribution < 1.29 is 5.11 Å². The second-order valence-electron chi connectivity index (χ2n) is 6.13. The van der Waals surface area contributed by atoms with Crippen molar-refractivity contribution in [3.05, 3.63) is 0 Å². The molecule has 2 nitrogen and oxygen atoms in total. The molecule has 0 radical (unpaired) electrons. The SMILES string of the molecule is CC(C)CCC(C)(CO)NC1CCCCC1. The summed E-state index contributed by atoms with van der Waals surface area (Å²) in [6.45, 7) is 6.93. The highest BCUT2D eigenvalue weighted by atomic mass is 16.3. The molecular weight excluding hydrogens is 198 g/mol. The lowest BCUT2D eigenvalue weighted by molar-refractivity contribution is 0.137. The van der Waals surface area contributed by atoms with Crippen LogP contribution in [0.5, 0.6) is 0 Å². The third kappa shape index (κ3) is 4.84. The van der Waals surface area contributed by atoms with Crippen molar-refractivity contribution in [2.75, 3.05) is 6.61 Å². The summed E-state index contributed by atoms with van der Waals surface area (Å²) in [4.78, 5) is 0. The Morgan fingerprint density at radius 2 is 1.88 bits per heavy atom. The largest absolute Gasteiger partial charge is 0.394 e. The van der Waals surface area contributed by atoms with Crippen LogP contribution in [0.15, 0.2) is 0 Å². The van der Waals surface area contributed by atoms with Crippen molar-refractivity contribution >= 4 is 0 Å². The lowest BCUT2D eigenvalue weighted by atomic mass is 9.88. The first kappa shape index (κ1) is 14.0.